The molecule has 0 spiro atoms. The Bertz CT molecular complexity index is 850. The Morgan fingerprint density at radius 2 is 1.61 bits per heavy atom. The minimum atomic E-state index is -1.11. The van der Waals surface area contributed by atoms with Crippen LogP contribution in [-0.4, -0.2) is 46.1 Å². The Labute approximate surface area is 162 Å². The first-order valence-corrected chi connectivity index (χ1v) is 9.53. The lowest BCUT2D eigenvalue weighted by Gasteiger charge is -2.26. The number of likely N-dealkylation sites (tertiary alicyclic amines) is 1. The van der Waals surface area contributed by atoms with Crippen LogP contribution in [0.25, 0.3) is 0 Å². The second-order valence-electron chi connectivity index (χ2n) is 8.19. The van der Waals surface area contributed by atoms with Crippen molar-refractivity contribution >= 4 is 5.78 Å². The Hall–Kier alpha value is -2.31. The second-order valence-corrected chi connectivity index (χ2v) is 8.19. The van der Waals surface area contributed by atoms with E-state index in [1.165, 1.54) is 30.3 Å². The molecule has 0 aromatic heterocycles. The van der Waals surface area contributed by atoms with Crippen LogP contribution in [0.3, 0.4) is 0 Å². The molecule has 4 rings (SSSR count). The van der Waals surface area contributed by atoms with E-state index in [2.05, 4.69) is 4.90 Å². The molecule has 2 aliphatic rings. The van der Waals surface area contributed by atoms with Crippen molar-refractivity contribution in [3.63, 3.8) is 0 Å². The number of hydrogen-bond acceptors (Lipinski definition) is 4. The van der Waals surface area contributed by atoms with Crippen LogP contribution in [0, 0.1) is 23.5 Å². The molecule has 1 aliphatic carbocycles. The molecule has 4 nitrogen and oxygen atoms in total. The first-order chi connectivity index (χ1) is 13.3. The second kappa shape index (κ2) is 7.26. The van der Waals surface area contributed by atoms with Gasteiger partial charge in [-0.25, -0.2) is 8.78 Å². The third-order valence-corrected chi connectivity index (χ3v) is 6.06. The number of hydrogen-bond donors (Lipinski definition) is 2. The average molecular weight is 387 g/mol. The fraction of sp³-hybridized carbons (Fsp3) is 0.409. The molecule has 1 aliphatic heterocycles. The third-order valence-electron chi connectivity index (χ3n) is 6.06. The monoisotopic (exact) mass is 387 g/mol. The molecule has 0 bridgehead atoms. The highest BCUT2D eigenvalue weighted by Gasteiger charge is 2.48. The number of ketones is 1. The van der Waals surface area contributed by atoms with Crippen molar-refractivity contribution < 1.29 is 23.8 Å². The number of rotatable bonds is 5. The van der Waals surface area contributed by atoms with Crippen molar-refractivity contribution in [2.24, 2.45) is 11.8 Å². The van der Waals surface area contributed by atoms with Crippen molar-refractivity contribution in [3.05, 3.63) is 65.2 Å². The zero-order valence-corrected chi connectivity index (χ0v) is 15.4. The van der Waals surface area contributed by atoms with Crippen LogP contribution in [0.4, 0.5) is 8.78 Å². The Morgan fingerprint density at radius 1 is 1.04 bits per heavy atom. The molecular formula is C22H23F2NO3. The highest BCUT2D eigenvalue weighted by Crippen LogP contribution is 2.45. The maximum atomic E-state index is 13.9. The molecule has 1 heterocycles. The van der Waals surface area contributed by atoms with E-state index in [4.69, 9.17) is 0 Å². The van der Waals surface area contributed by atoms with Gasteiger partial charge in [-0.3, -0.25) is 9.69 Å². The summed E-state index contributed by atoms with van der Waals surface area (Å²) in [5, 5.41) is 20.3. The van der Waals surface area contributed by atoms with Crippen molar-refractivity contribution in [3.8, 4) is 5.75 Å². The van der Waals surface area contributed by atoms with Gasteiger partial charge in [0.25, 0.3) is 0 Å². The van der Waals surface area contributed by atoms with Gasteiger partial charge in [0.15, 0.2) is 5.78 Å². The number of carbonyl (C=O) groups excluding carboxylic acids is 1. The molecule has 3 atom stereocenters. The largest absolute Gasteiger partial charge is 0.508 e. The summed E-state index contributed by atoms with van der Waals surface area (Å²) >= 11 is 0. The lowest BCUT2D eigenvalue weighted by atomic mass is 9.90. The molecule has 28 heavy (non-hydrogen) atoms. The van der Waals surface area contributed by atoms with E-state index in [-0.39, 0.29) is 41.9 Å². The Kier molecular flexibility index (Phi) is 4.93. The molecule has 2 aromatic carbocycles. The SMILES string of the molecule is O=C(CN1CC2CC(O)(Cc3c(F)cccc3F)C[C@H]2C1)c1ccc(O)cc1. The number of nitrogens with zero attached hydrogens (tertiary/aromatic N) is 1. The summed E-state index contributed by atoms with van der Waals surface area (Å²) in [7, 11) is 0. The number of Topliss-reactive ketones (excluding diaryl/α,β-unsaturated/α-hetero) is 1. The number of carbonyl (C=O) groups is 1. The molecule has 2 N–H and O–H groups in total. The van der Waals surface area contributed by atoms with Crippen LogP contribution in [0.5, 0.6) is 5.75 Å². The number of aliphatic hydroxyl groups is 1. The molecular weight excluding hydrogens is 364 g/mol. The van der Waals surface area contributed by atoms with E-state index in [9.17, 15) is 23.8 Å². The standard InChI is InChI=1S/C22H23F2NO3/c23-19-2-1-3-20(24)18(19)10-22(28)8-15-11-25(12-16(15)9-22)13-21(27)14-4-6-17(26)7-5-14/h1-7,15-16,26,28H,8-13H2/t15-,16?,22?/m0/s1. The lowest BCUT2D eigenvalue weighted by molar-refractivity contribution is 0.0339. The fourth-order valence-corrected chi connectivity index (χ4v) is 4.80. The van der Waals surface area contributed by atoms with E-state index in [0.29, 0.717) is 31.5 Å². The van der Waals surface area contributed by atoms with E-state index >= 15 is 0 Å². The molecule has 2 aromatic rings. The normalized spacial score (nSPS) is 27.1. The maximum absolute atomic E-state index is 13.9. The Balaban J connectivity index is 1.36. The molecule has 2 fully saturated rings. The fourth-order valence-electron chi connectivity index (χ4n) is 4.80. The predicted octanol–water partition coefficient (Wildman–Crippen LogP) is 3.17. The summed E-state index contributed by atoms with van der Waals surface area (Å²) in [5.74, 6) is -0.695. The van der Waals surface area contributed by atoms with Crippen LogP contribution in [0.15, 0.2) is 42.5 Å². The van der Waals surface area contributed by atoms with Crippen molar-refractivity contribution in [1.82, 2.24) is 4.90 Å². The topological polar surface area (TPSA) is 60.8 Å². The van der Waals surface area contributed by atoms with Crippen molar-refractivity contribution in [2.75, 3.05) is 19.6 Å². The van der Waals surface area contributed by atoms with E-state index < -0.39 is 17.2 Å². The number of phenolic OH excluding ortho intramolecular Hbond substituents is 1. The summed E-state index contributed by atoms with van der Waals surface area (Å²) < 4.78 is 27.9. The van der Waals surface area contributed by atoms with Gasteiger partial charge < -0.3 is 10.2 Å². The Morgan fingerprint density at radius 3 is 2.18 bits per heavy atom. The van der Waals surface area contributed by atoms with Gasteiger partial charge in [0.2, 0.25) is 0 Å². The third kappa shape index (κ3) is 3.80. The molecule has 0 amide bonds. The maximum Gasteiger partial charge on any atom is 0.176 e. The van der Waals surface area contributed by atoms with Crippen molar-refractivity contribution in [1.29, 1.82) is 0 Å². The smallest absolute Gasteiger partial charge is 0.176 e. The molecule has 0 radical (unpaired) electrons. The summed E-state index contributed by atoms with van der Waals surface area (Å²) in [5.41, 5.74) is -0.600. The van der Waals surface area contributed by atoms with Gasteiger partial charge in [-0.1, -0.05) is 6.07 Å². The summed E-state index contributed by atoms with van der Waals surface area (Å²) in [4.78, 5) is 14.5. The predicted molar refractivity (Wildman–Crippen MR) is 100 cm³/mol. The van der Waals surface area contributed by atoms with Gasteiger partial charge in [0.1, 0.15) is 17.4 Å². The number of benzene rings is 2. The quantitative estimate of drug-likeness (QED) is 0.774. The number of halogens is 2. The summed E-state index contributed by atoms with van der Waals surface area (Å²) in [6, 6.07) is 9.96. The number of fused-ring (bicyclic) bond motifs is 1. The van der Waals surface area contributed by atoms with Gasteiger partial charge in [0, 0.05) is 30.6 Å². The first kappa shape index (κ1) is 19.0. The highest BCUT2D eigenvalue weighted by atomic mass is 19.1. The van der Waals surface area contributed by atoms with Gasteiger partial charge in [0.05, 0.1) is 12.1 Å². The van der Waals surface area contributed by atoms with Crippen LogP contribution < -0.4 is 0 Å². The van der Waals surface area contributed by atoms with Crippen LogP contribution >= 0.6 is 0 Å². The molecule has 1 saturated carbocycles. The van der Waals surface area contributed by atoms with Crippen LogP contribution in [0.2, 0.25) is 0 Å². The lowest BCUT2D eigenvalue weighted by Crippen LogP contribution is -2.34. The van der Waals surface area contributed by atoms with Gasteiger partial charge in [-0.15, -0.1) is 0 Å². The number of aromatic hydroxyl groups is 1. The average Bonchev–Trinajstić information content (AvgIpc) is 3.13. The van der Waals surface area contributed by atoms with Gasteiger partial charge in [-0.05, 0) is 61.1 Å². The van der Waals surface area contributed by atoms with Crippen LogP contribution in [-0.2, 0) is 6.42 Å². The molecule has 148 valence electrons. The van der Waals surface area contributed by atoms with Gasteiger partial charge in [-0.2, -0.15) is 0 Å². The van der Waals surface area contributed by atoms with Crippen molar-refractivity contribution in [2.45, 2.75) is 24.9 Å². The molecule has 6 heteroatoms. The summed E-state index contributed by atoms with van der Waals surface area (Å²) in [6.45, 7) is 1.67. The zero-order chi connectivity index (χ0) is 19.9. The number of phenols is 1. The molecule has 2 unspecified atom stereocenters. The van der Waals surface area contributed by atoms with E-state index in [0.717, 1.165) is 0 Å². The highest BCUT2D eigenvalue weighted by molar-refractivity contribution is 5.97. The minimum absolute atomic E-state index is 0.0105. The molecule has 1 saturated heterocycles. The summed E-state index contributed by atoms with van der Waals surface area (Å²) in [6.07, 6.45) is 0.940. The zero-order valence-electron chi connectivity index (χ0n) is 15.4. The van der Waals surface area contributed by atoms with Crippen LogP contribution in [0.1, 0.15) is 28.8 Å². The van der Waals surface area contributed by atoms with E-state index in [1.54, 1.807) is 12.1 Å². The van der Waals surface area contributed by atoms with Gasteiger partial charge >= 0.3 is 0 Å². The minimum Gasteiger partial charge on any atom is -0.508 e. The first-order valence-electron chi connectivity index (χ1n) is 9.53. The van der Waals surface area contributed by atoms with E-state index in [1.807, 2.05) is 0 Å².